The first-order chi connectivity index (χ1) is 9.11. The van der Waals surface area contributed by atoms with E-state index in [1.54, 1.807) is 18.2 Å². The summed E-state index contributed by atoms with van der Waals surface area (Å²) in [7, 11) is -3.51. The van der Waals surface area contributed by atoms with E-state index < -0.39 is 10.0 Å². The number of hydrogen-bond acceptors (Lipinski definition) is 4. The maximum Gasteiger partial charge on any atom is 0.245 e. The number of rotatable bonds is 6. The molecule has 1 heterocycles. The Labute approximate surface area is 125 Å². The van der Waals surface area contributed by atoms with Crippen LogP contribution in [0.3, 0.4) is 0 Å². The van der Waals surface area contributed by atoms with E-state index in [1.807, 2.05) is 6.92 Å². The first-order valence-electron chi connectivity index (χ1n) is 5.88. The van der Waals surface area contributed by atoms with Crippen LogP contribution in [0.5, 0.6) is 0 Å². The van der Waals surface area contributed by atoms with Crippen LogP contribution in [0.1, 0.15) is 13.3 Å². The van der Waals surface area contributed by atoms with E-state index in [-0.39, 0.29) is 4.90 Å². The Bertz CT molecular complexity index is 633. The molecule has 1 aromatic rings. The molecule has 0 aliphatic carbocycles. The lowest BCUT2D eigenvalue weighted by Gasteiger charge is -2.21. The molecule has 0 amide bonds. The number of benzene rings is 1. The molecule has 0 atom stereocenters. The van der Waals surface area contributed by atoms with Gasteiger partial charge in [0.25, 0.3) is 0 Å². The lowest BCUT2D eigenvalue weighted by Crippen LogP contribution is -2.33. The molecule has 0 aromatic heterocycles. The Morgan fingerprint density at radius 2 is 2.11 bits per heavy atom. The van der Waals surface area contributed by atoms with Gasteiger partial charge in [0.2, 0.25) is 10.0 Å². The fraction of sp³-hybridized carbons (Fsp3) is 0.455. The summed E-state index contributed by atoms with van der Waals surface area (Å²) in [5.74, 6) is 0. The smallest absolute Gasteiger partial charge is 0.207 e. The van der Waals surface area contributed by atoms with Gasteiger partial charge in [-0.1, -0.05) is 28.9 Å². The third-order valence-corrected chi connectivity index (χ3v) is 5.50. The molecule has 1 aromatic carbocycles. The maximum absolute atomic E-state index is 12.7. The fourth-order valence-corrected chi connectivity index (χ4v) is 4.77. The summed E-state index contributed by atoms with van der Waals surface area (Å²) in [5, 5.41) is 0.609. The van der Waals surface area contributed by atoms with E-state index in [0.717, 1.165) is 17.8 Å². The molecule has 1 aliphatic rings. The van der Waals surface area contributed by atoms with Gasteiger partial charge < -0.3 is 0 Å². The molecule has 0 unspecified atom stereocenters. The Morgan fingerprint density at radius 1 is 1.32 bits per heavy atom. The molecule has 0 radical (unpaired) electrons. The van der Waals surface area contributed by atoms with Crippen LogP contribution in [0.15, 0.2) is 31.8 Å². The van der Waals surface area contributed by atoms with Gasteiger partial charge in [-0.25, -0.2) is 8.42 Å². The van der Waals surface area contributed by atoms with Crippen molar-refractivity contribution in [2.24, 2.45) is 8.73 Å². The number of fused-ring (bicyclic) bond motifs is 1. The van der Waals surface area contributed by atoms with Crippen molar-refractivity contribution in [2.45, 2.75) is 18.2 Å². The Hall–Kier alpha value is -0.570. The molecule has 0 fully saturated rings. The van der Waals surface area contributed by atoms with E-state index in [4.69, 9.17) is 0 Å². The minimum Gasteiger partial charge on any atom is -0.207 e. The van der Waals surface area contributed by atoms with Crippen molar-refractivity contribution in [1.29, 1.82) is 0 Å². The van der Waals surface area contributed by atoms with Crippen molar-refractivity contribution in [3.05, 3.63) is 18.2 Å². The lowest BCUT2D eigenvalue weighted by molar-refractivity contribution is 0.430. The van der Waals surface area contributed by atoms with E-state index >= 15 is 0 Å². The van der Waals surface area contributed by atoms with Crippen LogP contribution < -0.4 is 0 Å². The highest BCUT2D eigenvalue weighted by molar-refractivity contribution is 9.09. The van der Waals surface area contributed by atoms with E-state index in [9.17, 15) is 8.42 Å². The van der Waals surface area contributed by atoms with Crippen LogP contribution in [0.2, 0.25) is 0 Å². The lowest BCUT2D eigenvalue weighted by atomic mass is 10.3. The molecule has 0 spiro atoms. The average molecular weight is 364 g/mol. The third-order valence-electron chi connectivity index (χ3n) is 2.67. The van der Waals surface area contributed by atoms with Crippen LogP contribution >= 0.6 is 15.9 Å². The van der Waals surface area contributed by atoms with Gasteiger partial charge >= 0.3 is 0 Å². The second-order valence-corrected chi connectivity index (χ2v) is 7.21. The van der Waals surface area contributed by atoms with Gasteiger partial charge in [-0.3, -0.25) is 0 Å². The molecule has 2 rings (SSSR count). The SMILES string of the molecule is CCCN(CCBr)S(=O)(=O)c1cccc2c1N=S=N2. The number of hydrogen-bond donors (Lipinski definition) is 0. The molecule has 0 bridgehead atoms. The van der Waals surface area contributed by atoms with Gasteiger partial charge in [-0.05, 0) is 18.6 Å². The first kappa shape index (κ1) is 14.8. The second kappa shape index (κ2) is 6.25. The molecule has 0 saturated carbocycles. The van der Waals surface area contributed by atoms with E-state index in [0.29, 0.717) is 29.8 Å². The third kappa shape index (κ3) is 2.96. The minimum atomic E-state index is -3.51. The van der Waals surface area contributed by atoms with Crippen LogP contribution in [0, 0.1) is 0 Å². The van der Waals surface area contributed by atoms with Crippen LogP contribution in [0.25, 0.3) is 0 Å². The maximum atomic E-state index is 12.7. The molecule has 1 aliphatic heterocycles. The first-order valence-corrected chi connectivity index (χ1v) is 9.18. The molecule has 0 saturated heterocycles. The largest absolute Gasteiger partial charge is 0.245 e. The van der Waals surface area contributed by atoms with E-state index in [2.05, 4.69) is 24.7 Å². The van der Waals surface area contributed by atoms with Crippen LogP contribution in [-0.2, 0) is 21.4 Å². The highest BCUT2D eigenvalue weighted by Gasteiger charge is 2.28. The predicted molar refractivity (Wildman–Crippen MR) is 80.8 cm³/mol. The van der Waals surface area contributed by atoms with Crippen LogP contribution in [0.4, 0.5) is 11.4 Å². The van der Waals surface area contributed by atoms with Crippen molar-refractivity contribution in [1.82, 2.24) is 4.31 Å². The highest BCUT2D eigenvalue weighted by Crippen LogP contribution is 2.38. The Kier molecular flexibility index (Phi) is 4.88. The standard InChI is InChI=1S/C11H14BrN3O2S2/c1-2-7-15(8-6-12)19(16,17)10-5-3-4-9-11(10)14-18-13-9/h3-5H,2,6-8H2,1H3. The zero-order valence-corrected chi connectivity index (χ0v) is 13.6. The fourth-order valence-electron chi connectivity index (χ4n) is 1.82. The zero-order valence-electron chi connectivity index (χ0n) is 10.4. The summed E-state index contributed by atoms with van der Waals surface area (Å²) in [5.41, 5.74) is 1.09. The van der Waals surface area contributed by atoms with Crippen molar-refractivity contribution < 1.29 is 8.42 Å². The quantitative estimate of drug-likeness (QED) is 0.739. The van der Waals surface area contributed by atoms with Gasteiger partial charge in [0.05, 0.1) is 11.4 Å². The topological polar surface area (TPSA) is 62.1 Å². The molecule has 19 heavy (non-hydrogen) atoms. The van der Waals surface area contributed by atoms with Crippen molar-refractivity contribution in [2.75, 3.05) is 18.4 Å². The van der Waals surface area contributed by atoms with Gasteiger partial charge in [0.1, 0.15) is 16.3 Å². The summed E-state index contributed by atoms with van der Waals surface area (Å²) in [6.45, 7) is 2.91. The number of sulfonamides is 1. The summed E-state index contributed by atoms with van der Waals surface area (Å²) < 4.78 is 35.0. The molecule has 104 valence electrons. The second-order valence-electron chi connectivity index (χ2n) is 3.98. The predicted octanol–water partition coefficient (Wildman–Crippen LogP) is 3.21. The Balaban J connectivity index is 2.45. The molecular weight excluding hydrogens is 350 g/mol. The number of alkyl halides is 1. The summed E-state index contributed by atoms with van der Waals surface area (Å²) >= 11 is 4.32. The summed E-state index contributed by atoms with van der Waals surface area (Å²) in [4.78, 5) is 0.244. The Morgan fingerprint density at radius 3 is 2.79 bits per heavy atom. The molecule has 0 N–H and O–H groups in total. The zero-order chi connectivity index (χ0) is 13.9. The monoisotopic (exact) mass is 363 g/mol. The van der Waals surface area contributed by atoms with Gasteiger partial charge in [-0.2, -0.15) is 13.0 Å². The summed E-state index contributed by atoms with van der Waals surface area (Å²) in [6.07, 6.45) is 0.775. The minimum absolute atomic E-state index is 0.244. The van der Waals surface area contributed by atoms with Crippen LogP contribution in [-0.4, -0.2) is 31.1 Å². The van der Waals surface area contributed by atoms with Gasteiger partial charge in [0.15, 0.2) is 0 Å². The van der Waals surface area contributed by atoms with Gasteiger partial charge in [-0.15, -0.1) is 0 Å². The molecule has 8 heteroatoms. The van der Waals surface area contributed by atoms with Gasteiger partial charge in [0, 0.05) is 18.4 Å². The number of halogens is 1. The number of nitrogens with zero attached hydrogens (tertiary/aromatic N) is 3. The highest BCUT2D eigenvalue weighted by atomic mass is 79.9. The van der Waals surface area contributed by atoms with Crippen molar-refractivity contribution in [3.63, 3.8) is 0 Å². The van der Waals surface area contributed by atoms with E-state index in [1.165, 1.54) is 4.31 Å². The average Bonchev–Trinajstić information content (AvgIpc) is 2.86. The van der Waals surface area contributed by atoms with Crippen molar-refractivity contribution >= 4 is 48.7 Å². The normalized spacial score (nSPS) is 13.6. The molecule has 5 nitrogen and oxygen atoms in total. The summed E-state index contributed by atoms with van der Waals surface area (Å²) in [6, 6.07) is 5.07. The molecular formula is C11H14BrN3O2S2. The van der Waals surface area contributed by atoms with Crippen molar-refractivity contribution in [3.8, 4) is 0 Å².